The van der Waals surface area contributed by atoms with Crippen molar-refractivity contribution in [3.63, 3.8) is 0 Å². The number of halogens is 1. The lowest BCUT2D eigenvalue weighted by atomic mass is 10.1. The Balaban J connectivity index is 2.54. The van der Waals surface area contributed by atoms with Crippen molar-refractivity contribution < 1.29 is 9.57 Å². The van der Waals surface area contributed by atoms with Crippen LogP contribution in [0, 0.1) is 0 Å². The zero-order valence-corrected chi connectivity index (χ0v) is 12.2. The van der Waals surface area contributed by atoms with Crippen LogP contribution in [-0.2, 0) is 4.84 Å². The van der Waals surface area contributed by atoms with Crippen LogP contribution in [-0.4, -0.2) is 19.5 Å². The molecule has 2 rings (SSSR count). The second-order valence-corrected chi connectivity index (χ2v) is 5.12. The van der Waals surface area contributed by atoms with E-state index in [-0.39, 0.29) is 0 Å². The van der Waals surface area contributed by atoms with Crippen molar-refractivity contribution in [3.8, 4) is 5.75 Å². The molecule has 1 aliphatic rings. The maximum absolute atomic E-state index is 5.73. The molecule has 0 radical (unpaired) electrons. The fraction of sp³-hybridized carbons (Fsp3) is 0.333. The van der Waals surface area contributed by atoms with E-state index in [9.17, 15) is 0 Å². The normalized spacial score (nSPS) is 14.4. The Hall–Kier alpha value is -0.650. The van der Waals surface area contributed by atoms with Gasteiger partial charge in [-0.1, -0.05) is 0 Å². The van der Waals surface area contributed by atoms with Crippen LogP contribution in [0.1, 0.15) is 12.5 Å². The first kappa shape index (κ1) is 12.8. The summed E-state index contributed by atoms with van der Waals surface area (Å²) in [6.45, 7) is 3.20. The van der Waals surface area contributed by atoms with Crippen molar-refractivity contribution in [2.45, 2.75) is 11.8 Å². The van der Waals surface area contributed by atoms with Gasteiger partial charge in [-0.3, -0.25) is 10.3 Å². The molecule has 1 aromatic carbocycles. The number of nitrogens with one attached hydrogen (secondary N) is 1. The van der Waals surface area contributed by atoms with Gasteiger partial charge in [-0.2, -0.15) is 0 Å². The zero-order valence-electron chi connectivity index (χ0n) is 9.75. The van der Waals surface area contributed by atoms with Crippen LogP contribution in [0.15, 0.2) is 27.6 Å². The van der Waals surface area contributed by atoms with E-state index in [2.05, 4.69) is 33.7 Å². The van der Waals surface area contributed by atoms with Crippen LogP contribution in [0.2, 0.25) is 0 Å². The Bertz CT molecular complexity index is 448. The molecule has 0 unspecified atom stereocenters. The van der Waals surface area contributed by atoms with E-state index in [1.165, 1.54) is 4.90 Å². The van der Waals surface area contributed by atoms with E-state index in [1.54, 1.807) is 11.8 Å². The molecule has 0 amide bonds. The van der Waals surface area contributed by atoms with E-state index in [1.807, 2.05) is 19.1 Å². The number of rotatable bonds is 4. The van der Waals surface area contributed by atoms with Crippen LogP contribution in [0.3, 0.4) is 0 Å². The Morgan fingerprint density at radius 3 is 2.94 bits per heavy atom. The molecular weight excluding hydrogens is 302 g/mol. The third kappa shape index (κ3) is 2.61. The highest BCUT2D eigenvalue weighted by molar-refractivity contribution is 9.10. The quantitative estimate of drug-likeness (QED) is 0.862. The first-order valence-corrected chi connectivity index (χ1v) is 7.37. The summed E-state index contributed by atoms with van der Waals surface area (Å²) in [6.07, 6.45) is 4.07. The number of hydrogen-bond acceptors (Lipinski definition) is 4. The monoisotopic (exact) mass is 315 g/mol. The molecule has 3 nitrogen and oxygen atoms in total. The molecule has 1 N–H and O–H groups in total. The van der Waals surface area contributed by atoms with Crippen LogP contribution >= 0.6 is 27.7 Å². The van der Waals surface area contributed by atoms with Crippen molar-refractivity contribution >= 4 is 33.4 Å². The van der Waals surface area contributed by atoms with Gasteiger partial charge in [-0.05, 0) is 47.3 Å². The average Bonchev–Trinajstić information content (AvgIpc) is 2.85. The van der Waals surface area contributed by atoms with Crippen molar-refractivity contribution in [3.05, 3.63) is 28.2 Å². The van der Waals surface area contributed by atoms with E-state index < -0.39 is 0 Å². The number of benzene rings is 1. The molecule has 0 aromatic heterocycles. The number of ether oxygens (including phenoxy) is 1. The summed E-state index contributed by atoms with van der Waals surface area (Å²) in [5.41, 5.74) is 4.95. The first-order valence-electron chi connectivity index (χ1n) is 5.35. The third-order valence-electron chi connectivity index (χ3n) is 2.40. The first-order chi connectivity index (χ1) is 8.27. The van der Waals surface area contributed by atoms with Gasteiger partial charge in [0.15, 0.2) is 0 Å². The standard InChI is InChI=1S/C12H14BrNO2S/c1-3-15-12-8(13)4-5-10(17-2)11(12)9-6-7-16-14-9/h4-6,14H,3,7H2,1-2H3. The summed E-state index contributed by atoms with van der Waals surface area (Å²) in [4.78, 5) is 6.33. The van der Waals surface area contributed by atoms with Gasteiger partial charge in [0.1, 0.15) is 5.75 Å². The van der Waals surface area contributed by atoms with E-state index >= 15 is 0 Å². The Morgan fingerprint density at radius 2 is 2.35 bits per heavy atom. The van der Waals surface area contributed by atoms with Crippen LogP contribution in [0.25, 0.3) is 5.70 Å². The summed E-state index contributed by atoms with van der Waals surface area (Å²) < 4.78 is 6.69. The summed E-state index contributed by atoms with van der Waals surface area (Å²) in [6, 6.07) is 4.09. The molecule has 0 fully saturated rings. The van der Waals surface area contributed by atoms with Gasteiger partial charge in [0.2, 0.25) is 0 Å². The fourth-order valence-electron chi connectivity index (χ4n) is 1.69. The molecule has 0 saturated carbocycles. The summed E-state index contributed by atoms with van der Waals surface area (Å²) in [7, 11) is 0. The Labute approximate surface area is 114 Å². The maximum atomic E-state index is 5.73. The molecular formula is C12H14BrNO2S. The molecule has 0 atom stereocenters. The SMILES string of the molecule is CCOc1c(Br)ccc(SC)c1C1=CCON1. The van der Waals surface area contributed by atoms with Crippen LogP contribution < -0.4 is 10.2 Å². The van der Waals surface area contributed by atoms with Crippen molar-refractivity contribution in [1.82, 2.24) is 5.48 Å². The van der Waals surface area contributed by atoms with Gasteiger partial charge >= 0.3 is 0 Å². The van der Waals surface area contributed by atoms with Gasteiger partial charge < -0.3 is 4.74 Å². The lowest BCUT2D eigenvalue weighted by Gasteiger charge is -2.16. The third-order valence-corrected chi connectivity index (χ3v) is 3.81. The average molecular weight is 316 g/mol. The van der Waals surface area contributed by atoms with Crippen molar-refractivity contribution in [2.24, 2.45) is 0 Å². The van der Waals surface area contributed by atoms with E-state index in [0.29, 0.717) is 13.2 Å². The van der Waals surface area contributed by atoms with E-state index in [0.717, 1.165) is 21.5 Å². The Morgan fingerprint density at radius 1 is 1.53 bits per heavy atom. The molecule has 92 valence electrons. The lowest BCUT2D eigenvalue weighted by Crippen LogP contribution is -2.08. The highest BCUT2D eigenvalue weighted by Crippen LogP contribution is 2.39. The topological polar surface area (TPSA) is 30.5 Å². The van der Waals surface area contributed by atoms with Crippen molar-refractivity contribution in [2.75, 3.05) is 19.5 Å². The largest absolute Gasteiger partial charge is 0.492 e. The smallest absolute Gasteiger partial charge is 0.143 e. The number of hydroxylamine groups is 1. The molecule has 0 spiro atoms. The van der Waals surface area contributed by atoms with Crippen LogP contribution in [0.5, 0.6) is 5.75 Å². The van der Waals surface area contributed by atoms with Gasteiger partial charge in [-0.25, -0.2) is 0 Å². The highest BCUT2D eigenvalue weighted by Gasteiger charge is 2.19. The van der Waals surface area contributed by atoms with Gasteiger partial charge in [0.05, 0.1) is 28.9 Å². The molecule has 0 saturated heterocycles. The minimum atomic E-state index is 0.585. The molecule has 5 heteroatoms. The predicted octanol–water partition coefficient (Wildman–Crippen LogP) is 3.45. The molecule has 1 aromatic rings. The summed E-state index contributed by atoms with van der Waals surface area (Å²) >= 11 is 5.22. The Kier molecular flexibility index (Phi) is 4.36. The van der Waals surface area contributed by atoms with E-state index in [4.69, 9.17) is 9.57 Å². The maximum Gasteiger partial charge on any atom is 0.143 e. The second-order valence-electron chi connectivity index (χ2n) is 3.42. The highest BCUT2D eigenvalue weighted by atomic mass is 79.9. The fourth-order valence-corrected chi connectivity index (χ4v) is 2.74. The summed E-state index contributed by atoms with van der Waals surface area (Å²) in [5.74, 6) is 0.864. The lowest BCUT2D eigenvalue weighted by molar-refractivity contribution is 0.121. The van der Waals surface area contributed by atoms with Crippen LogP contribution in [0.4, 0.5) is 0 Å². The molecule has 0 bridgehead atoms. The number of hydrogen-bond donors (Lipinski definition) is 1. The summed E-state index contributed by atoms with van der Waals surface area (Å²) in [5, 5.41) is 0. The van der Waals surface area contributed by atoms with Gasteiger partial charge in [0.25, 0.3) is 0 Å². The minimum absolute atomic E-state index is 0.585. The molecule has 0 aliphatic carbocycles. The molecule has 17 heavy (non-hydrogen) atoms. The van der Waals surface area contributed by atoms with Gasteiger partial charge in [-0.15, -0.1) is 11.8 Å². The minimum Gasteiger partial charge on any atom is -0.492 e. The van der Waals surface area contributed by atoms with Crippen molar-refractivity contribution in [1.29, 1.82) is 0 Å². The zero-order chi connectivity index (χ0) is 12.3. The second kappa shape index (κ2) is 5.80. The molecule has 1 heterocycles. The number of thioether (sulfide) groups is 1. The van der Waals surface area contributed by atoms with Gasteiger partial charge in [0, 0.05) is 4.90 Å². The molecule has 1 aliphatic heterocycles. The predicted molar refractivity (Wildman–Crippen MR) is 74.2 cm³/mol.